The lowest BCUT2D eigenvalue weighted by Crippen LogP contribution is -2.29. The lowest BCUT2D eigenvalue weighted by molar-refractivity contribution is 0.0758. The fourth-order valence-electron chi connectivity index (χ4n) is 2.47. The number of rotatable bonds is 4. The molecule has 3 aromatic rings. The van der Waals surface area contributed by atoms with Crippen LogP contribution in [0.5, 0.6) is 0 Å². The van der Waals surface area contributed by atoms with Gasteiger partial charge in [0.25, 0.3) is 11.5 Å². The van der Waals surface area contributed by atoms with E-state index in [0.29, 0.717) is 28.2 Å². The molecular weight excluding hydrogens is 330 g/mol. The number of aromatic nitrogens is 2. The first-order valence-electron chi connectivity index (χ1n) is 7.29. The Morgan fingerprint density at radius 2 is 2.22 bits per heavy atom. The molecule has 5 nitrogen and oxygen atoms in total. The summed E-state index contributed by atoms with van der Waals surface area (Å²) in [5.74, 6) is -0.0385. The summed E-state index contributed by atoms with van der Waals surface area (Å²) < 4.78 is 1.44. The molecule has 0 aliphatic carbocycles. The van der Waals surface area contributed by atoms with Crippen molar-refractivity contribution in [3.05, 3.63) is 49.5 Å². The van der Waals surface area contributed by atoms with Crippen molar-refractivity contribution < 1.29 is 4.79 Å². The van der Waals surface area contributed by atoms with Gasteiger partial charge in [-0.05, 0) is 30.9 Å². The fourth-order valence-corrected chi connectivity index (χ4v) is 4.30. The van der Waals surface area contributed by atoms with Gasteiger partial charge >= 0.3 is 0 Å². The van der Waals surface area contributed by atoms with Crippen LogP contribution in [-0.2, 0) is 13.6 Å². The molecule has 0 radical (unpaired) electrons. The quantitative estimate of drug-likeness (QED) is 0.729. The Hall–Kier alpha value is -1.99. The maximum Gasteiger partial charge on any atom is 0.264 e. The molecule has 0 saturated carbocycles. The van der Waals surface area contributed by atoms with Crippen LogP contribution in [0.2, 0.25) is 0 Å². The number of hydrogen-bond acceptors (Lipinski definition) is 5. The summed E-state index contributed by atoms with van der Waals surface area (Å²) in [7, 11) is 1.67. The van der Waals surface area contributed by atoms with Gasteiger partial charge in [-0.25, -0.2) is 4.98 Å². The first-order valence-corrected chi connectivity index (χ1v) is 8.99. The van der Waals surface area contributed by atoms with Gasteiger partial charge in [-0.3, -0.25) is 9.59 Å². The lowest BCUT2D eigenvalue weighted by atomic mass is 10.2. The number of nitrogens with zero attached hydrogens (tertiary/aromatic N) is 3. The van der Waals surface area contributed by atoms with Gasteiger partial charge in [-0.1, -0.05) is 6.07 Å². The summed E-state index contributed by atoms with van der Waals surface area (Å²) >= 11 is 2.94. The van der Waals surface area contributed by atoms with Gasteiger partial charge in [0.1, 0.15) is 4.83 Å². The second-order valence-electron chi connectivity index (χ2n) is 5.30. The van der Waals surface area contributed by atoms with E-state index in [2.05, 4.69) is 4.98 Å². The van der Waals surface area contributed by atoms with Crippen LogP contribution in [0.1, 0.15) is 27.0 Å². The smallest absolute Gasteiger partial charge is 0.264 e. The van der Waals surface area contributed by atoms with Crippen LogP contribution < -0.4 is 5.56 Å². The molecule has 0 atom stereocenters. The third-order valence-electron chi connectivity index (χ3n) is 3.80. The van der Waals surface area contributed by atoms with E-state index in [1.165, 1.54) is 22.2 Å². The highest BCUT2D eigenvalue weighted by molar-refractivity contribution is 7.20. The van der Waals surface area contributed by atoms with Crippen molar-refractivity contribution in [2.75, 3.05) is 6.54 Å². The third-order valence-corrected chi connectivity index (χ3v) is 5.85. The molecule has 3 rings (SSSR count). The highest BCUT2D eigenvalue weighted by atomic mass is 32.1. The Kier molecular flexibility index (Phi) is 4.32. The summed E-state index contributed by atoms with van der Waals surface area (Å²) in [6.45, 7) is 5.00. The number of aryl methyl sites for hydroxylation is 2. The number of carbonyl (C=O) groups excluding carboxylic acids is 1. The van der Waals surface area contributed by atoms with Crippen molar-refractivity contribution in [3.63, 3.8) is 0 Å². The van der Waals surface area contributed by atoms with Crippen molar-refractivity contribution in [1.82, 2.24) is 14.5 Å². The summed E-state index contributed by atoms with van der Waals surface area (Å²) in [4.78, 5) is 33.6. The molecule has 120 valence electrons. The Morgan fingerprint density at radius 1 is 1.43 bits per heavy atom. The predicted molar refractivity (Wildman–Crippen MR) is 94.3 cm³/mol. The van der Waals surface area contributed by atoms with Crippen molar-refractivity contribution >= 4 is 38.8 Å². The molecule has 0 aliphatic rings. The summed E-state index contributed by atoms with van der Waals surface area (Å²) in [6.07, 6.45) is 1.50. The molecule has 0 aliphatic heterocycles. The number of amides is 1. The van der Waals surface area contributed by atoms with E-state index in [1.54, 1.807) is 23.3 Å². The third kappa shape index (κ3) is 2.82. The van der Waals surface area contributed by atoms with Crippen LogP contribution in [0, 0.1) is 6.92 Å². The van der Waals surface area contributed by atoms with Gasteiger partial charge in [0.05, 0.1) is 23.1 Å². The average Bonchev–Trinajstić information content (AvgIpc) is 3.16. The van der Waals surface area contributed by atoms with Gasteiger partial charge < -0.3 is 9.47 Å². The maximum absolute atomic E-state index is 12.9. The number of thiophene rings is 2. The molecule has 0 N–H and O–H groups in total. The average molecular weight is 347 g/mol. The Balaban J connectivity index is 2.01. The minimum Gasteiger partial charge on any atom is -0.333 e. The summed E-state index contributed by atoms with van der Waals surface area (Å²) in [5, 5.41) is 2.56. The van der Waals surface area contributed by atoms with Crippen molar-refractivity contribution in [1.29, 1.82) is 0 Å². The first kappa shape index (κ1) is 15.9. The molecule has 7 heteroatoms. The number of hydrogen-bond donors (Lipinski definition) is 0. The van der Waals surface area contributed by atoms with Crippen molar-refractivity contribution in [2.45, 2.75) is 20.4 Å². The van der Waals surface area contributed by atoms with Gasteiger partial charge in [0.2, 0.25) is 0 Å². The zero-order chi connectivity index (χ0) is 16.6. The second kappa shape index (κ2) is 6.25. The van der Waals surface area contributed by atoms with E-state index in [1.807, 2.05) is 31.4 Å². The Morgan fingerprint density at radius 3 is 2.87 bits per heavy atom. The normalized spacial score (nSPS) is 11.1. The fraction of sp³-hybridized carbons (Fsp3) is 0.312. The van der Waals surface area contributed by atoms with Crippen LogP contribution >= 0.6 is 22.7 Å². The molecule has 0 saturated heterocycles. The van der Waals surface area contributed by atoms with Crippen LogP contribution in [0.25, 0.3) is 10.2 Å². The van der Waals surface area contributed by atoms with E-state index in [9.17, 15) is 9.59 Å². The molecule has 0 spiro atoms. The lowest BCUT2D eigenvalue weighted by Gasteiger charge is -2.19. The molecule has 0 bridgehead atoms. The van der Waals surface area contributed by atoms with Gasteiger partial charge in [0.15, 0.2) is 0 Å². The van der Waals surface area contributed by atoms with E-state index in [-0.39, 0.29) is 11.5 Å². The zero-order valence-electron chi connectivity index (χ0n) is 13.2. The van der Waals surface area contributed by atoms with E-state index in [4.69, 9.17) is 0 Å². The first-order chi connectivity index (χ1) is 11.0. The monoisotopic (exact) mass is 347 g/mol. The minimum atomic E-state index is -0.107. The Labute approximate surface area is 141 Å². The zero-order valence-corrected chi connectivity index (χ0v) is 14.8. The van der Waals surface area contributed by atoms with Crippen molar-refractivity contribution in [2.24, 2.45) is 7.05 Å². The van der Waals surface area contributed by atoms with Crippen LogP contribution in [0.3, 0.4) is 0 Å². The van der Waals surface area contributed by atoms with E-state index < -0.39 is 0 Å². The maximum atomic E-state index is 12.9. The molecule has 23 heavy (non-hydrogen) atoms. The van der Waals surface area contributed by atoms with Gasteiger partial charge in [0, 0.05) is 18.5 Å². The topological polar surface area (TPSA) is 55.2 Å². The molecule has 1 amide bonds. The Bertz CT molecular complexity index is 909. The highest BCUT2D eigenvalue weighted by Gasteiger charge is 2.23. The van der Waals surface area contributed by atoms with Gasteiger partial charge in [-0.15, -0.1) is 22.7 Å². The molecule has 0 unspecified atom stereocenters. The molecule has 0 fully saturated rings. The summed E-state index contributed by atoms with van der Waals surface area (Å²) in [6, 6.07) is 4.01. The molecule has 3 heterocycles. The van der Waals surface area contributed by atoms with Crippen LogP contribution in [0.15, 0.2) is 28.6 Å². The van der Waals surface area contributed by atoms with E-state index in [0.717, 1.165) is 10.4 Å². The predicted octanol–water partition coefficient (Wildman–Crippen LogP) is 3.03. The number of carbonyl (C=O) groups is 1. The second-order valence-corrected chi connectivity index (χ2v) is 7.33. The van der Waals surface area contributed by atoms with E-state index >= 15 is 0 Å². The van der Waals surface area contributed by atoms with Crippen LogP contribution in [-0.4, -0.2) is 26.9 Å². The minimum absolute atomic E-state index is 0.0385. The largest absolute Gasteiger partial charge is 0.333 e. The molecule has 3 aromatic heterocycles. The number of fused-ring (bicyclic) bond motifs is 1. The summed E-state index contributed by atoms with van der Waals surface area (Å²) in [5.41, 5.74) is 0.623. The molecule has 0 aromatic carbocycles. The van der Waals surface area contributed by atoms with Crippen LogP contribution in [0.4, 0.5) is 0 Å². The standard InChI is InChI=1S/C16H17N3O2S2/c1-4-19(8-11-6-5-7-22-11)16(21)13-10(2)12-14(23-13)17-9-18(3)15(12)20/h5-7,9H,4,8H2,1-3H3. The molecular formula is C16H17N3O2S2. The van der Waals surface area contributed by atoms with Crippen molar-refractivity contribution in [3.8, 4) is 0 Å². The van der Waals surface area contributed by atoms with Gasteiger partial charge in [-0.2, -0.15) is 0 Å². The highest BCUT2D eigenvalue weighted by Crippen LogP contribution is 2.28. The SMILES string of the molecule is CCN(Cc1cccs1)C(=O)c1sc2ncn(C)c(=O)c2c1C.